The predicted octanol–water partition coefficient (Wildman–Crippen LogP) is 1.33. The van der Waals surface area contributed by atoms with Gasteiger partial charge in [0.1, 0.15) is 0 Å². The lowest BCUT2D eigenvalue weighted by atomic mass is 10.2. The molecule has 0 bridgehead atoms. The Morgan fingerprint density at radius 3 is 1.35 bits per heavy atom. The number of rotatable bonds is 15. The molecule has 0 aliphatic carbocycles. The van der Waals surface area contributed by atoms with Gasteiger partial charge in [0.15, 0.2) is 6.29 Å². The van der Waals surface area contributed by atoms with E-state index in [1.54, 1.807) is 14.2 Å². The topological polar surface area (TPSA) is 55.4 Å². The number of methoxy groups -OCH3 is 2. The summed E-state index contributed by atoms with van der Waals surface area (Å²) >= 11 is 0. The maximum absolute atomic E-state index is 5.64. The highest BCUT2D eigenvalue weighted by Crippen LogP contribution is 2.08. The van der Waals surface area contributed by atoms with Crippen molar-refractivity contribution >= 4 is 0 Å². The lowest BCUT2D eigenvalue weighted by Crippen LogP contribution is -2.27. The predicted molar refractivity (Wildman–Crippen MR) is 75.9 cm³/mol. The van der Waals surface area contributed by atoms with Crippen molar-refractivity contribution in [3.63, 3.8) is 0 Å². The molecule has 0 amide bonds. The van der Waals surface area contributed by atoms with E-state index in [4.69, 9.17) is 28.4 Å². The molecule has 0 aliphatic rings. The van der Waals surface area contributed by atoms with E-state index in [0.717, 1.165) is 0 Å². The maximum atomic E-state index is 5.64. The summed E-state index contributed by atoms with van der Waals surface area (Å²) in [7, 11) is 3.30. The highest BCUT2D eigenvalue weighted by Gasteiger charge is 2.13. The first kappa shape index (κ1) is 19.8. The van der Waals surface area contributed by atoms with E-state index in [2.05, 4.69) is 13.8 Å². The summed E-state index contributed by atoms with van der Waals surface area (Å²) < 4.78 is 31.7. The van der Waals surface area contributed by atoms with E-state index >= 15 is 0 Å². The Bertz CT molecular complexity index is 173. The quantitative estimate of drug-likeness (QED) is 0.335. The summed E-state index contributed by atoms with van der Waals surface area (Å²) in [5.74, 6) is 0.285. The molecule has 6 heteroatoms. The Morgan fingerprint density at radius 1 is 0.600 bits per heavy atom. The van der Waals surface area contributed by atoms with Crippen LogP contribution in [0.25, 0.3) is 0 Å². The summed E-state index contributed by atoms with van der Waals surface area (Å²) in [6.07, 6.45) is -0.230. The van der Waals surface area contributed by atoms with Crippen molar-refractivity contribution in [2.24, 2.45) is 5.92 Å². The fourth-order valence-electron chi connectivity index (χ4n) is 1.37. The van der Waals surface area contributed by atoms with Crippen molar-refractivity contribution in [1.82, 2.24) is 0 Å². The van der Waals surface area contributed by atoms with E-state index in [1.165, 1.54) is 0 Å². The molecule has 0 fully saturated rings. The van der Waals surface area contributed by atoms with Crippen LogP contribution in [0, 0.1) is 5.92 Å². The fourth-order valence-corrected chi connectivity index (χ4v) is 1.37. The second-order valence-electron chi connectivity index (χ2n) is 4.56. The second kappa shape index (κ2) is 15.2. The summed E-state index contributed by atoms with van der Waals surface area (Å²) in [5, 5.41) is 0. The van der Waals surface area contributed by atoms with Gasteiger partial charge in [0.25, 0.3) is 0 Å². The summed E-state index contributed by atoms with van der Waals surface area (Å²) in [6.45, 7) is 8.59. The van der Waals surface area contributed by atoms with Crippen molar-refractivity contribution in [1.29, 1.82) is 0 Å². The molecule has 0 rings (SSSR count). The molecule has 0 saturated carbocycles. The first-order valence-corrected chi connectivity index (χ1v) is 7.09. The van der Waals surface area contributed by atoms with Gasteiger partial charge in [-0.25, -0.2) is 0 Å². The molecule has 0 N–H and O–H groups in total. The summed E-state index contributed by atoms with van der Waals surface area (Å²) in [5.41, 5.74) is 0. The SMILES string of the molecule is COCCOCCOC(OCCOCCOC)C(C)C. The molecule has 0 atom stereocenters. The van der Waals surface area contributed by atoms with Gasteiger partial charge in [-0.15, -0.1) is 0 Å². The zero-order valence-corrected chi connectivity index (χ0v) is 13.3. The van der Waals surface area contributed by atoms with Gasteiger partial charge < -0.3 is 28.4 Å². The van der Waals surface area contributed by atoms with Gasteiger partial charge in [-0.3, -0.25) is 0 Å². The van der Waals surface area contributed by atoms with Crippen LogP contribution in [0.2, 0.25) is 0 Å². The monoisotopic (exact) mass is 294 g/mol. The van der Waals surface area contributed by atoms with Crippen LogP contribution < -0.4 is 0 Å². The highest BCUT2D eigenvalue weighted by atomic mass is 16.7. The van der Waals surface area contributed by atoms with Gasteiger partial charge >= 0.3 is 0 Å². The molecule has 20 heavy (non-hydrogen) atoms. The zero-order valence-electron chi connectivity index (χ0n) is 13.3. The molecule has 6 nitrogen and oxygen atoms in total. The molecule has 0 radical (unpaired) electrons. The Balaban J connectivity index is 3.51. The minimum Gasteiger partial charge on any atom is -0.382 e. The van der Waals surface area contributed by atoms with Gasteiger partial charge in [-0.1, -0.05) is 13.8 Å². The van der Waals surface area contributed by atoms with Gasteiger partial charge in [0.2, 0.25) is 0 Å². The van der Waals surface area contributed by atoms with Crippen LogP contribution in [-0.4, -0.2) is 73.4 Å². The molecule has 0 aromatic rings. The number of ether oxygens (including phenoxy) is 6. The molecule has 0 unspecified atom stereocenters. The van der Waals surface area contributed by atoms with Crippen molar-refractivity contribution in [3.8, 4) is 0 Å². The van der Waals surface area contributed by atoms with Crippen LogP contribution in [0.5, 0.6) is 0 Å². The maximum Gasteiger partial charge on any atom is 0.160 e. The zero-order chi connectivity index (χ0) is 15.1. The third kappa shape index (κ3) is 12.8. The minimum absolute atomic E-state index is 0.230. The number of hydrogen-bond donors (Lipinski definition) is 0. The van der Waals surface area contributed by atoms with Crippen molar-refractivity contribution < 1.29 is 28.4 Å². The van der Waals surface area contributed by atoms with E-state index in [0.29, 0.717) is 52.9 Å². The van der Waals surface area contributed by atoms with Crippen molar-refractivity contribution in [2.75, 3.05) is 67.1 Å². The fraction of sp³-hybridized carbons (Fsp3) is 1.00. The largest absolute Gasteiger partial charge is 0.382 e. The third-order valence-corrected chi connectivity index (χ3v) is 2.43. The molecule has 0 spiro atoms. The molecule has 0 heterocycles. The molecular weight excluding hydrogens is 264 g/mol. The highest BCUT2D eigenvalue weighted by molar-refractivity contribution is 4.51. The first-order valence-electron chi connectivity index (χ1n) is 7.09. The third-order valence-electron chi connectivity index (χ3n) is 2.43. The molecular formula is C14H30O6. The molecule has 0 aromatic carbocycles. The van der Waals surface area contributed by atoms with Crippen molar-refractivity contribution in [2.45, 2.75) is 20.1 Å². The lowest BCUT2D eigenvalue weighted by molar-refractivity contribution is -0.179. The molecule has 122 valence electrons. The van der Waals surface area contributed by atoms with Crippen LogP contribution in [0.3, 0.4) is 0 Å². The number of hydrogen-bond acceptors (Lipinski definition) is 6. The van der Waals surface area contributed by atoms with Crippen LogP contribution in [0.4, 0.5) is 0 Å². The Kier molecular flexibility index (Phi) is 15.0. The average Bonchev–Trinajstić information content (AvgIpc) is 2.43. The first-order chi connectivity index (χ1) is 9.72. The van der Waals surface area contributed by atoms with Gasteiger partial charge in [0.05, 0.1) is 52.9 Å². The Morgan fingerprint density at radius 2 is 1.00 bits per heavy atom. The second-order valence-corrected chi connectivity index (χ2v) is 4.56. The van der Waals surface area contributed by atoms with Gasteiger partial charge in [0, 0.05) is 20.1 Å². The standard InChI is InChI=1S/C14H30O6/c1-13(2)14(19-11-9-17-7-5-15-3)20-12-10-18-8-6-16-4/h13-14H,5-12H2,1-4H3. The van der Waals surface area contributed by atoms with E-state index < -0.39 is 0 Å². The molecule has 0 aliphatic heterocycles. The molecule has 0 saturated heterocycles. The van der Waals surface area contributed by atoms with Gasteiger partial charge in [-0.2, -0.15) is 0 Å². The van der Waals surface area contributed by atoms with E-state index in [9.17, 15) is 0 Å². The Hall–Kier alpha value is -0.240. The molecule has 0 aromatic heterocycles. The van der Waals surface area contributed by atoms with Crippen molar-refractivity contribution in [3.05, 3.63) is 0 Å². The van der Waals surface area contributed by atoms with Crippen LogP contribution in [0.15, 0.2) is 0 Å². The van der Waals surface area contributed by atoms with Gasteiger partial charge in [-0.05, 0) is 0 Å². The average molecular weight is 294 g/mol. The minimum atomic E-state index is -0.230. The van der Waals surface area contributed by atoms with Crippen LogP contribution >= 0.6 is 0 Å². The van der Waals surface area contributed by atoms with E-state index in [-0.39, 0.29) is 12.2 Å². The summed E-state index contributed by atoms with van der Waals surface area (Å²) in [4.78, 5) is 0. The Labute approximate surface area is 122 Å². The van der Waals surface area contributed by atoms with E-state index in [1.807, 2.05) is 0 Å². The smallest absolute Gasteiger partial charge is 0.160 e. The van der Waals surface area contributed by atoms with Crippen LogP contribution in [-0.2, 0) is 28.4 Å². The van der Waals surface area contributed by atoms with Crippen LogP contribution in [0.1, 0.15) is 13.8 Å². The lowest BCUT2D eigenvalue weighted by Gasteiger charge is -2.22. The summed E-state index contributed by atoms with van der Waals surface area (Å²) in [6, 6.07) is 0. The normalized spacial score (nSPS) is 11.7.